The maximum absolute atomic E-state index is 12.4. The highest BCUT2D eigenvalue weighted by atomic mass is 32.2. The third kappa shape index (κ3) is 12.2. The smallest absolute Gasteiger partial charge is 0.408 e. The number of amides is 1. The zero-order chi connectivity index (χ0) is 26.9. The van der Waals surface area contributed by atoms with Gasteiger partial charge in [0.15, 0.2) is 0 Å². The van der Waals surface area contributed by atoms with E-state index in [-0.39, 0.29) is 18.1 Å². The van der Waals surface area contributed by atoms with Crippen molar-refractivity contribution in [1.29, 1.82) is 0 Å². The number of alkyl carbamates (subject to hydrolysis) is 1. The van der Waals surface area contributed by atoms with Crippen LogP contribution in [0.2, 0.25) is 0 Å². The third-order valence-electron chi connectivity index (χ3n) is 5.00. The van der Waals surface area contributed by atoms with Crippen molar-refractivity contribution in [3.8, 4) is 0 Å². The molecule has 10 heteroatoms. The summed E-state index contributed by atoms with van der Waals surface area (Å²) in [6.07, 6.45) is 1.28. The van der Waals surface area contributed by atoms with E-state index >= 15 is 0 Å². The summed E-state index contributed by atoms with van der Waals surface area (Å²) in [7, 11) is -4.00. The van der Waals surface area contributed by atoms with Crippen molar-refractivity contribution in [1.82, 2.24) is 5.32 Å². The summed E-state index contributed by atoms with van der Waals surface area (Å²) in [6.45, 7) is 0.833. The number of carbonyl (C=O) groups is 2. The van der Waals surface area contributed by atoms with Gasteiger partial charge in [0, 0.05) is 0 Å². The SMILES string of the molecule is NCCCCC(NC(=O)OCc1ccccc1)C(=O)OCc1ccccc1.O=S(=O)(O)c1ccccc1. The first-order valence-electron chi connectivity index (χ1n) is 11.7. The molecular formula is C27H32N2O7S. The molecule has 0 bridgehead atoms. The second kappa shape index (κ2) is 16.1. The average molecular weight is 529 g/mol. The van der Waals surface area contributed by atoms with Crippen LogP contribution >= 0.6 is 0 Å². The van der Waals surface area contributed by atoms with Crippen LogP contribution in [-0.4, -0.2) is 37.6 Å². The van der Waals surface area contributed by atoms with E-state index in [1.165, 1.54) is 12.1 Å². The van der Waals surface area contributed by atoms with E-state index in [2.05, 4.69) is 5.32 Å². The molecule has 3 aromatic carbocycles. The molecule has 4 N–H and O–H groups in total. The lowest BCUT2D eigenvalue weighted by molar-refractivity contribution is -0.147. The molecule has 0 aliphatic carbocycles. The Kier molecular flexibility index (Phi) is 12.8. The third-order valence-corrected chi connectivity index (χ3v) is 5.87. The monoisotopic (exact) mass is 528 g/mol. The number of carbonyl (C=O) groups excluding carboxylic acids is 2. The molecule has 1 atom stereocenters. The molecule has 0 saturated heterocycles. The van der Waals surface area contributed by atoms with Crippen molar-refractivity contribution in [3.05, 3.63) is 102 Å². The van der Waals surface area contributed by atoms with Gasteiger partial charge in [-0.3, -0.25) is 4.55 Å². The highest BCUT2D eigenvalue weighted by Crippen LogP contribution is 2.08. The number of unbranched alkanes of at least 4 members (excludes halogenated alkanes) is 1. The standard InChI is InChI=1S/C21H26N2O4.C6H6O3S/c22-14-8-7-13-19(20(24)26-15-17-9-3-1-4-10-17)23-21(25)27-16-18-11-5-2-6-12-18;7-10(8,9)6-4-2-1-3-5-6/h1-6,9-12,19H,7-8,13-16,22H2,(H,23,25);1-5H,(H,7,8,9). The summed E-state index contributed by atoms with van der Waals surface area (Å²) in [5.41, 5.74) is 7.27. The largest absolute Gasteiger partial charge is 0.459 e. The number of nitrogens with two attached hydrogens (primary N) is 1. The van der Waals surface area contributed by atoms with E-state index in [0.717, 1.165) is 17.5 Å². The van der Waals surface area contributed by atoms with Crippen molar-refractivity contribution < 1.29 is 32.0 Å². The number of hydrogen-bond donors (Lipinski definition) is 3. The van der Waals surface area contributed by atoms with E-state index < -0.39 is 28.2 Å². The van der Waals surface area contributed by atoms with Crippen LogP contribution in [0.4, 0.5) is 4.79 Å². The van der Waals surface area contributed by atoms with Crippen LogP contribution in [0.3, 0.4) is 0 Å². The topological polar surface area (TPSA) is 145 Å². The minimum absolute atomic E-state index is 0.0741. The van der Waals surface area contributed by atoms with Gasteiger partial charge >= 0.3 is 12.1 Å². The molecule has 1 unspecified atom stereocenters. The lowest BCUT2D eigenvalue weighted by atomic mass is 10.1. The molecule has 0 spiro atoms. The summed E-state index contributed by atoms with van der Waals surface area (Å²) >= 11 is 0. The Hall–Kier alpha value is -3.73. The fraction of sp³-hybridized carbons (Fsp3) is 0.259. The maximum Gasteiger partial charge on any atom is 0.408 e. The van der Waals surface area contributed by atoms with Gasteiger partial charge in [-0.15, -0.1) is 0 Å². The summed E-state index contributed by atoms with van der Waals surface area (Å²) in [5, 5.41) is 2.61. The first-order valence-corrected chi connectivity index (χ1v) is 13.1. The average Bonchev–Trinajstić information content (AvgIpc) is 2.92. The van der Waals surface area contributed by atoms with Gasteiger partial charge < -0.3 is 20.5 Å². The van der Waals surface area contributed by atoms with Crippen molar-refractivity contribution in [2.24, 2.45) is 5.73 Å². The molecule has 37 heavy (non-hydrogen) atoms. The fourth-order valence-corrected chi connectivity index (χ4v) is 3.57. The molecule has 0 saturated carbocycles. The molecule has 0 radical (unpaired) electrons. The fourth-order valence-electron chi connectivity index (χ4n) is 3.07. The molecule has 0 fully saturated rings. The minimum atomic E-state index is -4.00. The van der Waals surface area contributed by atoms with Crippen molar-refractivity contribution in [2.45, 2.75) is 43.4 Å². The molecule has 1 amide bonds. The second-order valence-electron chi connectivity index (χ2n) is 7.92. The molecule has 3 rings (SSSR count). The van der Waals surface area contributed by atoms with Crippen molar-refractivity contribution in [2.75, 3.05) is 6.54 Å². The molecule has 3 aromatic rings. The quantitative estimate of drug-likeness (QED) is 0.192. The van der Waals surface area contributed by atoms with Gasteiger partial charge in [-0.25, -0.2) is 9.59 Å². The van der Waals surface area contributed by atoms with Gasteiger partial charge in [-0.05, 0) is 49.1 Å². The summed E-state index contributed by atoms with van der Waals surface area (Å²) in [6, 6.07) is 25.4. The first-order chi connectivity index (χ1) is 17.8. The number of ether oxygens (including phenoxy) is 2. The summed E-state index contributed by atoms with van der Waals surface area (Å²) in [5.74, 6) is -0.479. The van der Waals surface area contributed by atoms with Gasteiger partial charge in [-0.1, -0.05) is 78.9 Å². The van der Waals surface area contributed by atoms with E-state index in [4.69, 9.17) is 19.8 Å². The highest BCUT2D eigenvalue weighted by Gasteiger charge is 2.22. The number of nitrogens with one attached hydrogen (secondary N) is 1. The maximum atomic E-state index is 12.4. The van der Waals surface area contributed by atoms with E-state index in [0.29, 0.717) is 19.4 Å². The van der Waals surface area contributed by atoms with E-state index in [1.807, 2.05) is 60.7 Å². The minimum Gasteiger partial charge on any atom is -0.459 e. The Morgan fingerprint density at radius 3 is 1.73 bits per heavy atom. The normalized spacial score (nSPS) is 11.4. The Labute approximate surface area is 217 Å². The van der Waals surface area contributed by atoms with Crippen LogP contribution in [-0.2, 0) is 37.6 Å². The summed E-state index contributed by atoms with van der Waals surface area (Å²) in [4.78, 5) is 24.4. The number of esters is 1. The van der Waals surface area contributed by atoms with Crippen LogP contribution in [0.5, 0.6) is 0 Å². The Balaban J connectivity index is 0.000000402. The summed E-state index contributed by atoms with van der Waals surface area (Å²) < 4.78 is 39.8. The van der Waals surface area contributed by atoms with Crippen LogP contribution in [0.15, 0.2) is 95.9 Å². The van der Waals surface area contributed by atoms with Crippen molar-refractivity contribution >= 4 is 22.2 Å². The number of rotatable bonds is 11. The molecule has 0 aromatic heterocycles. The van der Waals surface area contributed by atoms with Crippen molar-refractivity contribution in [3.63, 3.8) is 0 Å². The molecule has 0 aliphatic heterocycles. The molecular weight excluding hydrogens is 496 g/mol. The lowest BCUT2D eigenvalue weighted by Gasteiger charge is -2.17. The molecule has 198 valence electrons. The highest BCUT2D eigenvalue weighted by molar-refractivity contribution is 7.85. The number of hydrogen-bond acceptors (Lipinski definition) is 7. The van der Waals surface area contributed by atoms with Crippen LogP contribution < -0.4 is 11.1 Å². The predicted octanol–water partition coefficient (Wildman–Crippen LogP) is 4.09. The van der Waals surface area contributed by atoms with E-state index in [9.17, 15) is 18.0 Å². The van der Waals surface area contributed by atoms with Crippen LogP contribution in [0, 0.1) is 0 Å². The van der Waals surface area contributed by atoms with Gasteiger partial charge in [-0.2, -0.15) is 8.42 Å². The second-order valence-corrected chi connectivity index (χ2v) is 9.35. The van der Waals surface area contributed by atoms with Crippen LogP contribution in [0.1, 0.15) is 30.4 Å². The Bertz CT molecular complexity index is 1180. The zero-order valence-electron chi connectivity index (χ0n) is 20.4. The molecule has 0 aliphatic rings. The van der Waals surface area contributed by atoms with Gasteiger partial charge in [0.1, 0.15) is 19.3 Å². The Morgan fingerprint density at radius 1 is 0.784 bits per heavy atom. The number of benzene rings is 3. The van der Waals surface area contributed by atoms with Gasteiger partial charge in [0.2, 0.25) is 0 Å². The van der Waals surface area contributed by atoms with E-state index in [1.54, 1.807) is 18.2 Å². The lowest BCUT2D eigenvalue weighted by Crippen LogP contribution is -2.42. The zero-order valence-corrected chi connectivity index (χ0v) is 21.2. The van der Waals surface area contributed by atoms with Gasteiger partial charge in [0.05, 0.1) is 4.90 Å². The first kappa shape index (κ1) is 29.5. The molecule has 9 nitrogen and oxygen atoms in total. The van der Waals surface area contributed by atoms with Gasteiger partial charge in [0.25, 0.3) is 10.1 Å². The van der Waals surface area contributed by atoms with Crippen LogP contribution in [0.25, 0.3) is 0 Å². The predicted molar refractivity (Wildman–Crippen MR) is 139 cm³/mol. The molecule has 0 heterocycles. The Morgan fingerprint density at radius 2 is 1.27 bits per heavy atom.